The predicted octanol–water partition coefficient (Wildman–Crippen LogP) is 4.37. The molecule has 0 saturated heterocycles. The molecule has 3 nitrogen and oxygen atoms in total. The van der Waals surface area contributed by atoms with Crippen LogP contribution >= 0.6 is 12.6 Å². The second-order valence-electron chi connectivity index (χ2n) is 4.31. The monoisotopic (exact) mass is 287 g/mol. The maximum Gasteiger partial charge on any atom is 0.127 e. The summed E-state index contributed by atoms with van der Waals surface area (Å²) in [6.45, 7) is 0. The molecule has 0 heterocycles. The molecule has 20 heavy (non-hydrogen) atoms. The molecular formula is C16H17NO2S. The Kier molecular flexibility index (Phi) is 5.50. The van der Waals surface area contributed by atoms with Gasteiger partial charge in [0.05, 0.1) is 5.71 Å². The highest BCUT2D eigenvalue weighted by Gasteiger charge is 2.05. The van der Waals surface area contributed by atoms with Crippen molar-refractivity contribution in [3.8, 4) is 11.5 Å². The summed E-state index contributed by atoms with van der Waals surface area (Å²) in [5.41, 5.74) is 1.57. The van der Waals surface area contributed by atoms with Gasteiger partial charge in [0.15, 0.2) is 0 Å². The molecule has 0 aromatic heterocycles. The number of hydrogen-bond donors (Lipinski definition) is 2. The minimum Gasteiger partial charge on any atom is -0.457 e. The summed E-state index contributed by atoms with van der Waals surface area (Å²) >= 11 is 4.16. The SMILES string of the molecule is O/N=C(\CCCS)c1ccc(Oc2ccccc2)cc1. The molecule has 2 aromatic rings. The lowest BCUT2D eigenvalue weighted by Gasteiger charge is -2.07. The highest BCUT2D eigenvalue weighted by molar-refractivity contribution is 7.80. The lowest BCUT2D eigenvalue weighted by atomic mass is 10.1. The Morgan fingerprint density at radius 3 is 2.25 bits per heavy atom. The van der Waals surface area contributed by atoms with E-state index >= 15 is 0 Å². The fraction of sp³-hybridized carbons (Fsp3) is 0.188. The van der Waals surface area contributed by atoms with Crippen LogP contribution in [0, 0.1) is 0 Å². The summed E-state index contributed by atoms with van der Waals surface area (Å²) in [5.74, 6) is 2.33. The van der Waals surface area contributed by atoms with Crippen LogP contribution in [0.5, 0.6) is 11.5 Å². The maximum absolute atomic E-state index is 9.04. The Labute approximate surface area is 124 Å². The van der Waals surface area contributed by atoms with E-state index in [4.69, 9.17) is 9.94 Å². The van der Waals surface area contributed by atoms with E-state index in [1.54, 1.807) is 0 Å². The molecular weight excluding hydrogens is 270 g/mol. The summed E-state index contributed by atoms with van der Waals surface area (Å²) in [6.07, 6.45) is 1.59. The molecule has 4 heteroatoms. The summed E-state index contributed by atoms with van der Waals surface area (Å²) in [5, 5.41) is 12.4. The predicted molar refractivity (Wildman–Crippen MR) is 84.4 cm³/mol. The van der Waals surface area contributed by atoms with Gasteiger partial charge in [-0.25, -0.2) is 0 Å². The van der Waals surface area contributed by atoms with Gasteiger partial charge in [-0.2, -0.15) is 12.6 Å². The summed E-state index contributed by atoms with van der Waals surface area (Å²) < 4.78 is 5.71. The Bertz CT molecular complexity index is 552. The molecule has 0 atom stereocenters. The van der Waals surface area contributed by atoms with Crippen LogP contribution in [0.2, 0.25) is 0 Å². The standard InChI is InChI=1S/C16H17NO2S/c18-17-16(7-4-12-20)13-8-10-15(11-9-13)19-14-5-2-1-3-6-14/h1-3,5-6,8-11,18,20H,4,7,12H2/b17-16+. The lowest BCUT2D eigenvalue weighted by Crippen LogP contribution is -2.01. The van der Waals surface area contributed by atoms with Crippen molar-refractivity contribution in [2.24, 2.45) is 5.16 Å². The molecule has 0 aliphatic heterocycles. The van der Waals surface area contributed by atoms with Gasteiger partial charge in [-0.15, -0.1) is 0 Å². The quantitative estimate of drug-likeness (QED) is 0.358. The van der Waals surface area contributed by atoms with Gasteiger partial charge in [0.1, 0.15) is 11.5 Å². The third kappa shape index (κ3) is 4.03. The smallest absolute Gasteiger partial charge is 0.127 e. The first-order chi connectivity index (χ1) is 9.83. The van der Waals surface area contributed by atoms with Crippen molar-refractivity contribution in [3.63, 3.8) is 0 Å². The molecule has 2 aromatic carbocycles. The van der Waals surface area contributed by atoms with E-state index in [1.807, 2.05) is 54.6 Å². The summed E-state index contributed by atoms with van der Waals surface area (Å²) in [7, 11) is 0. The molecule has 0 radical (unpaired) electrons. The zero-order valence-electron chi connectivity index (χ0n) is 11.1. The molecule has 0 aliphatic carbocycles. The fourth-order valence-corrected chi connectivity index (χ4v) is 2.00. The van der Waals surface area contributed by atoms with E-state index in [1.165, 1.54) is 0 Å². The van der Waals surface area contributed by atoms with Crippen molar-refractivity contribution in [3.05, 3.63) is 60.2 Å². The van der Waals surface area contributed by atoms with Gasteiger partial charge in [0.2, 0.25) is 0 Å². The first kappa shape index (κ1) is 14.5. The highest BCUT2D eigenvalue weighted by Crippen LogP contribution is 2.21. The zero-order chi connectivity index (χ0) is 14.2. The fourth-order valence-electron chi connectivity index (χ4n) is 1.84. The van der Waals surface area contributed by atoms with Gasteiger partial charge in [-0.05, 0) is 60.6 Å². The minimum absolute atomic E-state index is 0.672. The van der Waals surface area contributed by atoms with Crippen LogP contribution in [-0.4, -0.2) is 16.7 Å². The van der Waals surface area contributed by atoms with Gasteiger partial charge in [0.25, 0.3) is 0 Å². The second-order valence-corrected chi connectivity index (χ2v) is 4.76. The van der Waals surface area contributed by atoms with Crippen molar-refractivity contribution in [2.45, 2.75) is 12.8 Å². The lowest BCUT2D eigenvalue weighted by molar-refractivity contribution is 0.318. The second kappa shape index (κ2) is 7.60. The molecule has 0 fully saturated rings. The molecule has 0 saturated carbocycles. The van der Waals surface area contributed by atoms with Gasteiger partial charge < -0.3 is 9.94 Å². The zero-order valence-corrected chi connectivity index (χ0v) is 12.0. The van der Waals surface area contributed by atoms with Gasteiger partial charge >= 0.3 is 0 Å². The van der Waals surface area contributed by atoms with E-state index in [2.05, 4.69) is 17.8 Å². The Morgan fingerprint density at radius 2 is 1.65 bits per heavy atom. The van der Waals surface area contributed by atoms with Crippen LogP contribution in [0.4, 0.5) is 0 Å². The summed E-state index contributed by atoms with van der Waals surface area (Å²) in [4.78, 5) is 0. The van der Waals surface area contributed by atoms with Crippen LogP contribution in [0.15, 0.2) is 59.8 Å². The van der Waals surface area contributed by atoms with Crippen molar-refractivity contribution in [1.29, 1.82) is 0 Å². The number of oxime groups is 1. The highest BCUT2D eigenvalue weighted by atomic mass is 32.1. The number of nitrogens with zero attached hydrogens (tertiary/aromatic N) is 1. The van der Waals surface area contributed by atoms with Crippen molar-refractivity contribution in [2.75, 3.05) is 5.75 Å². The van der Waals surface area contributed by atoms with E-state index in [-0.39, 0.29) is 0 Å². The van der Waals surface area contributed by atoms with Crippen LogP contribution in [0.3, 0.4) is 0 Å². The number of thiol groups is 1. The first-order valence-corrected chi connectivity index (χ1v) is 7.12. The maximum atomic E-state index is 9.04. The van der Waals surface area contributed by atoms with Crippen molar-refractivity contribution < 1.29 is 9.94 Å². The third-order valence-electron chi connectivity index (χ3n) is 2.86. The minimum atomic E-state index is 0.672. The third-order valence-corrected chi connectivity index (χ3v) is 3.18. The molecule has 0 spiro atoms. The van der Waals surface area contributed by atoms with Crippen LogP contribution in [0.1, 0.15) is 18.4 Å². The molecule has 0 bridgehead atoms. The van der Waals surface area contributed by atoms with Crippen LogP contribution < -0.4 is 4.74 Å². The van der Waals surface area contributed by atoms with Crippen molar-refractivity contribution >= 4 is 18.3 Å². The summed E-state index contributed by atoms with van der Waals surface area (Å²) in [6, 6.07) is 17.1. The van der Waals surface area contributed by atoms with Crippen molar-refractivity contribution in [1.82, 2.24) is 0 Å². The molecule has 104 valence electrons. The number of para-hydroxylation sites is 1. The Balaban J connectivity index is 2.06. The number of hydrogen-bond acceptors (Lipinski definition) is 4. The van der Waals surface area contributed by atoms with Crippen LogP contribution in [0.25, 0.3) is 0 Å². The Morgan fingerprint density at radius 1 is 1.00 bits per heavy atom. The van der Waals surface area contributed by atoms with Gasteiger partial charge in [-0.1, -0.05) is 23.4 Å². The van der Waals surface area contributed by atoms with E-state index in [0.29, 0.717) is 12.1 Å². The van der Waals surface area contributed by atoms with Gasteiger partial charge in [-0.3, -0.25) is 0 Å². The number of benzene rings is 2. The van der Waals surface area contributed by atoms with Gasteiger partial charge in [0, 0.05) is 0 Å². The normalized spacial score (nSPS) is 11.3. The molecule has 0 amide bonds. The van der Waals surface area contributed by atoms with Crippen LogP contribution in [-0.2, 0) is 0 Å². The van der Waals surface area contributed by atoms with E-state index < -0.39 is 0 Å². The average molecular weight is 287 g/mol. The first-order valence-electron chi connectivity index (χ1n) is 6.48. The Hall–Kier alpha value is -1.94. The van der Waals surface area contributed by atoms with E-state index in [0.717, 1.165) is 29.2 Å². The number of ether oxygens (including phenoxy) is 1. The molecule has 1 N–H and O–H groups in total. The molecule has 0 aliphatic rings. The molecule has 2 rings (SSSR count). The topological polar surface area (TPSA) is 41.8 Å². The average Bonchev–Trinajstić information content (AvgIpc) is 2.50. The van der Waals surface area contributed by atoms with E-state index in [9.17, 15) is 0 Å². The number of rotatable bonds is 6. The largest absolute Gasteiger partial charge is 0.457 e. The molecule has 0 unspecified atom stereocenters.